The van der Waals surface area contributed by atoms with Gasteiger partial charge in [-0.15, -0.1) is 0 Å². The number of fused-ring (bicyclic) bond motifs is 1. The molecule has 1 aromatic carbocycles. The summed E-state index contributed by atoms with van der Waals surface area (Å²) in [5, 5.41) is 8.75. The second kappa shape index (κ2) is 6.37. The van der Waals surface area contributed by atoms with Gasteiger partial charge in [-0.3, -0.25) is 0 Å². The summed E-state index contributed by atoms with van der Waals surface area (Å²) in [6.07, 6.45) is 4.76. The summed E-state index contributed by atoms with van der Waals surface area (Å²) < 4.78 is 5.75. The van der Waals surface area contributed by atoms with Gasteiger partial charge in [0.25, 0.3) is 0 Å². The molecule has 0 aliphatic carbocycles. The molecule has 0 unspecified atom stereocenters. The van der Waals surface area contributed by atoms with E-state index in [9.17, 15) is 0 Å². The molecule has 3 aromatic heterocycles. The molecule has 4 rings (SSSR count). The van der Waals surface area contributed by atoms with Crippen molar-refractivity contribution in [3.8, 4) is 23.1 Å². The maximum atomic E-state index is 8.75. The van der Waals surface area contributed by atoms with E-state index < -0.39 is 0 Å². The second-order valence-electron chi connectivity index (χ2n) is 5.30. The summed E-state index contributed by atoms with van der Waals surface area (Å²) in [7, 11) is 0. The third-order valence-corrected chi connectivity index (χ3v) is 3.69. The topological polar surface area (TPSA) is 100 Å². The van der Waals surface area contributed by atoms with E-state index in [0.717, 1.165) is 28.1 Å². The quantitative estimate of drug-likeness (QED) is 0.618. The van der Waals surface area contributed by atoms with Gasteiger partial charge in [-0.25, -0.2) is 19.9 Å². The van der Waals surface area contributed by atoms with E-state index in [1.165, 1.54) is 6.33 Å². The Bertz CT molecular complexity index is 1050. The summed E-state index contributed by atoms with van der Waals surface area (Å²) in [4.78, 5) is 19.7. The fourth-order valence-electron chi connectivity index (χ4n) is 2.43. The SMILES string of the molecule is N#Cc1ccc(COc2ccc(-c3ncnc4[nH]cnc34)cc2)cn1. The minimum Gasteiger partial charge on any atom is -0.489 e. The predicted molar refractivity (Wildman–Crippen MR) is 90.4 cm³/mol. The molecule has 0 saturated heterocycles. The van der Waals surface area contributed by atoms with Gasteiger partial charge in [-0.1, -0.05) is 6.07 Å². The van der Waals surface area contributed by atoms with Crippen LogP contribution in [0.3, 0.4) is 0 Å². The Kier molecular flexibility index (Phi) is 3.77. The standard InChI is InChI=1S/C18H12N6O/c19-7-14-4-1-12(8-20-14)9-25-15-5-2-13(3-6-15)16-17-18(23-10-21-16)24-11-22-17/h1-6,8,10-11H,9H2,(H,21,22,23,24). The lowest BCUT2D eigenvalue weighted by molar-refractivity contribution is 0.306. The zero-order valence-corrected chi connectivity index (χ0v) is 13.0. The van der Waals surface area contributed by atoms with E-state index in [1.807, 2.05) is 36.4 Å². The van der Waals surface area contributed by atoms with Crippen LogP contribution in [0.2, 0.25) is 0 Å². The van der Waals surface area contributed by atoms with Gasteiger partial charge in [-0.2, -0.15) is 5.26 Å². The number of nitrogens with zero attached hydrogens (tertiary/aromatic N) is 5. The summed E-state index contributed by atoms with van der Waals surface area (Å²) in [5.41, 5.74) is 4.44. The van der Waals surface area contributed by atoms with Crippen molar-refractivity contribution in [1.82, 2.24) is 24.9 Å². The van der Waals surface area contributed by atoms with Gasteiger partial charge in [0, 0.05) is 17.3 Å². The summed E-state index contributed by atoms with van der Waals surface area (Å²) in [6.45, 7) is 0.384. The number of benzene rings is 1. The molecule has 120 valence electrons. The largest absolute Gasteiger partial charge is 0.489 e. The predicted octanol–water partition coefficient (Wildman–Crippen LogP) is 2.87. The van der Waals surface area contributed by atoms with E-state index in [0.29, 0.717) is 17.9 Å². The molecular weight excluding hydrogens is 316 g/mol. The average Bonchev–Trinajstić information content (AvgIpc) is 3.16. The van der Waals surface area contributed by atoms with E-state index in [2.05, 4.69) is 24.9 Å². The lowest BCUT2D eigenvalue weighted by Gasteiger charge is -2.07. The second-order valence-corrected chi connectivity index (χ2v) is 5.30. The number of hydrogen-bond donors (Lipinski definition) is 1. The van der Waals surface area contributed by atoms with Crippen LogP contribution in [0.25, 0.3) is 22.4 Å². The van der Waals surface area contributed by atoms with Crippen LogP contribution in [-0.4, -0.2) is 24.9 Å². The molecule has 0 amide bonds. The molecule has 0 radical (unpaired) electrons. The van der Waals surface area contributed by atoms with Crippen LogP contribution in [0.1, 0.15) is 11.3 Å². The zero-order chi connectivity index (χ0) is 17.1. The average molecular weight is 328 g/mol. The van der Waals surface area contributed by atoms with Crippen molar-refractivity contribution in [1.29, 1.82) is 5.26 Å². The van der Waals surface area contributed by atoms with Crippen molar-refractivity contribution in [2.45, 2.75) is 6.61 Å². The van der Waals surface area contributed by atoms with Crippen LogP contribution in [0.15, 0.2) is 55.2 Å². The molecule has 0 aliphatic heterocycles. The summed E-state index contributed by atoms with van der Waals surface area (Å²) in [5.74, 6) is 0.737. The molecule has 0 saturated carbocycles. The molecule has 0 fully saturated rings. The molecule has 7 nitrogen and oxygen atoms in total. The maximum absolute atomic E-state index is 8.75. The fourth-order valence-corrected chi connectivity index (χ4v) is 2.43. The smallest absolute Gasteiger partial charge is 0.161 e. The van der Waals surface area contributed by atoms with E-state index in [1.54, 1.807) is 18.6 Å². The summed E-state index contributed by atoms with van der Waals surface area (Å²) >= 11 is 0. The molecule has 0 atom stereocenters. The van der Waals surface area contributed by atoms with Gasteiger partial charge in [-0.05, 0) is 30.3 Å². The first-order valence-corrected chi connectivity index (χ1v) is 7.56. The number of aromatic amines is 1. The Labute approximate surface area is 143 Å². The van der Waals surface area contributed by atoms with Gasteiger partial charge in [0.05, 0.1) is 6.33 Å². The molecule has 1 N–H and O–H groups in total. The van der Waals surface area contributed by atoms with Gasteiger partial charge in [0.15, 0.2) is 5.65 Å². The minimum absolute atomic E-state index is 0.384. The zero-order valence-electron chi connectivity index (χ0n) is 13.0. The highest BCUT2D eigenvalue weighted by molar-refractivity contribution is 5.86. The Balaban J connectivity index is 1.50. The normalized spacial score (nSPS) is 10.5. The van der Waals surface area contributed by atoms with Crippen molar-refractivity contribution in [3.63, 3.8) is 0 Å². The molecule has 0 spiro atoms. The van der Waals surface area contributed by atoms with Gasteiger partial charge < -0.3 is 9.72 Å². The first-order valence-electron chi connectivity index (χ1n) is 7.56. The van der Waals surface area contributed by atoms with E-state index >= 15 is 0 Å². The Morgan fingerprint density at radius 3 is 2.64 bits per heavy atom. The molecule has 3 heterocycles. The molecule has 25 heavy (non-hydrogen) atoms. The summed E-state index contributed by atoms with van der Waals surface area (Å²) in [6, 6.07) is 13.1. The van der Waals surface area contributed by atoms with Gasteiger partial charge in [0.1, 0.15) is 41.7 Å². The van der Waals surface area contributed by atoms with Crippen LogP contribution in [-0.2, 0) is 6.61 Å². The first-order chi connectivity index (χ1) is 12.3. The highest BCUT2D eigenvalue weighted by Crippen LogP contribution is 2.25. The molecule has 0 bridgehead atoms. The molecule has 7 heteroatoms. The Morgan fingerprint density at radius 1 is 1.00 bits per heavy atom. The van der Waals surface area contributed by atoms with Crippen LogP contribution in [0, 0.1) is 11.3 Å². The third-order valence-electron chi connectivity index (χ3n) is 3.69. The Hall–Kier alpha value is -3.79. The highest BCUT2D eigenvalue weighted by Gasteiger charge is 2.08. The third kappa shape index (κ3) is 3.01. The molecule has 0 aliphatic rings. The van der Waals surface area contributed by atoms with Crippen LogP contribution in [0.5, 0.6) is 5.75 Å². The number of ether oxygens (including phenoxy) is 1. The number of imidazole rings is 1. The van der Waals surface area contributed by atoms with Crippen LogP contribution in [0.4, 0.5) is 0 Å². The fraction of sp³-hybridized carbons (Fsp3) is 0.0556. The van der Waals surface area contributed by atoms with Gasteiger partial charge >= 0.3 is 0 Å². The lowest BCUT2D eigenvalue weighted by atomic mass is 10.1. The van der Waals surface area contributed by atoms with Crippen molar-refractivity contribution >= 4 is 11.2 Å². The van der Waals surface area contributed by atoms with Crippen molar-refractivity contribution < 1.29 is 4.74 Å². The number of rotatable bonds is 4. The molecular formula is C18H12N6O. The number of H-pyrrole nitrogens is 1. The van der Waals surface area contributed by atoms with Crippen molar-refractivity contribution in [3.05, 3.63) is 66.5 Å². The van der Waals surface area contributed by atoms with Gasteiger partial charge in [0.2, 0.25) is 0 Å². The van der Waals surface area contributed by atoms with E-state index in [-0.39, 0.29) is 0 Å². The van der Waals surface area contributed by atoms with Crippen LogP contribution < -0.4 is 4.74 Å². The first kappa shape index (κ1) is 14.8. The molecule has 4 aromatic rings. The monoisotopic (exact) mass is 328 g/mol. The number of pyridine rings is 1. The lowest BCUT2D eigenvalue weighted by Crippen LogP contribution is -1.97. The van der Waals surface area contributed by atoms with E-state index in [4.69, 9.17) is 10.00 Å². The maximum Gasteiger partial charge on any atom is 0.161 e. The van der Waals surface area contributed by atoms with Crippen molar-refractivity contribution in [2.75, 3.05) is 0 Å². The number of nitriles is 1. The van der Waals surface area contributed by atoms with Crippen molar-refractivity contribution in [2.24, 2.45) is 0 Å². The number of nitrogens with one attached hydrogen (secondary N) is 1. The number of aromatic nitrogens is 5. The Morgan fingerprint density at radius 2 is 1.88 bits per heavy atom. The minimum atomic E-state index is 0.384. The highest BCUT2D eigenvalue weighted by atomic mass is 16.5. The van der Waals surface area contributed by atoms with Crippen LogP contribution >= 0.6 is 0 Å². The number of hydrogen-bond acceptors (Lipinski definition) is 6.